The average Bonchev–Trinajstić information content (AvgIpc) is 2.37. The summed E-state index contributed by atoms with van der Waals surface area (Å²) in [7, 11) is 0. The summed E-state index contributed by atoms with van der Waals surface area (Å²) in [6.07, 6.45) is 0.510. The van der Waals surface area contributed by atoms with Gasteiger partial charge in [0.2, 0.25) is 11.8 Å². The summed E-state index contributed by atoms with van der Waals surface area (Å²) in [4.78, 5) is 35.0. The fraction of sp³-hybridized carbons (Fsp3) is 0.333. The highest BCUT2D eigenvalue weighted by atomic mass is 16.6. The summed E-state index contributed by atoms with van der Waals surface area (Å²) in [5, 5.41) is 13.0. The topological polar surface area (TPSA) is 119 Å². The maximum absolute atomic E-state index is 11.8. The summed E-state index contributed by atoms with van der Waals surface area (Å²) >= 11 is 0. The number of nitrogen functional groups attached to an aromatic ring is 1. The lowest BCUT2D eigenvalue weighted by atomic mass is 10.1. The standard InChI is InChI=1S/C12H14N4O4/c1-2-9-12(18)14-11(17)6-15(9)7-3-4-10(16(19)20)8(13)5-7/h3-5,9H,2,6,13H2,1H3,(H,14,17,18). The molecule has 0 spiro atoms. The average molecular weight is 278 g/mol. The summed E-state index contributed by atoms with van der Waals surface area (Å²) in [6.45, 7) is 1.84. The third-order valence-electron chi connectivity index (χ3n) is 3.18. The molecule has 0 bridgehead atoms. The molecule has 1 fully saturated rings. The molecule has 8 nitrogen and oxygen atoms in total. The van der Waals surface area contributed by atoms with Gasteiger partial charge in [0.25, 0.3) is 5.69 Å². The molecule has 8 heteroatoms. The lowest BCUT2D eigenvalue weighted by Gasteiger charge is -2.35. The van der Waals surface area contributed by atoms with Crippen LogP contribution < -0.4 is 16.0 Å². The van der Waals surface area contributed by atoms with Crippen molar-refractivity contribution in [2.75, 3.05) is 17.2 Å². The van der Waals surface area contributed by atoms with Crippen LogP contribution in [0.2, 0.25) is 0 Å². The number of imide groups is 1. The number of nitro benzene ring substituents is 1. The van der Waals surface area contributed by atoms with E-state index in [4.69, 9.17) is 5.73 Å². The van der Waals surface area contributed by atoms with Crippen LogP contribution >= 0.6 is 0 Å². The fourth-order valence-electron chi connectivity index (χ4n) is 2.23. The van der Waals surface area contributed by atoms with Gasteiger partial charge in [-0.25, -0.2) is 0 Å². The first-order chi connectivity index (χ1) is 9.43. The molecule has 3 N–H and O–H groups in total. The lowest BCUT2D eigenvalue weighted by Crippen LogP contribution is -2.58. The van der Waals surface area contributed by atoms with E-state index < -0.39 is 16.9 Å². The molecular formula is C12H14N4O4. The fourth-order valence-corrected chi connectivity index (χ4v) is 2.23. The van der Waals surface area contributed by atoms with Crippen molar-refractivity contribution in [3.8, 4) is 0 Å². The number of amides is 2. The van der Waals surface area contributed by atoms with Crippen LogP contribution in [0.5, 0.6) is 0 Å². The zero-order valence-electron chi connectivity index (χ0n) is 10.8. The van der Waals surface area contributed by atoms with Gasteiger partial charge in [0.1, 0.15) is 11.7 Å². The first-order valence-electron chi connectivity index (χ1n) is 6.08. The summed E-state index contributed by atoms with van der Waals surface area (Å²) in [5.41, 5.74) is 5.95. The molecule has 20 heavy (non-hydrogen) atoms. The number of hydrogen-bond acceptors (Lipinski definition) is 6. The predicted octanol–water partition coefficient (Wildman–Crippen LogP) is 0.418. The van der Waals surface area contributed by atoms with Gasteiger partial charge >= 0.3 is 0 Å². The van der Waals surface area contributed by atoms with Gasteiger partial charge in [-0.3, -0.25) is 25.0 Å². The predicted molar refractivity (Wildman–Crippen MR) is 72.1 cm³/mol. The molecule has 2 amide bonds. The largest absolute Gasteiger partial charge is 0.393 e. The highest BCUT2D eigenvalue weighted by Gasteiger charge is 2.33. The Hall–Kier alpha value is -2.64. The van der Waals surface area contributed by atoms with Crippen LogP contribution in [-0.4, -0.2) is 29.3 Å². The molecule has 1 unspecified atom stereocenters. The summed E-state index contributed by atoms with van der Waals surface area (Å²) in [5.74, 6) is -0.780. The van der Waals surface area contributed by atoms with Gasteiger partial charge in [-0.05, 0) is 18.6 Å². The molecule has 1 atom stereocenters. The minimum Gasteiger partial charge on any atom is -0.393 e. The van der Waals surface area contributed by atoms with Gasteiger partial charge in [0.15, 0.2) is 0 Å². The monoisotopic (exact) mass is 278 g/mol. The molecule has 1 aromatic rings. The third kappa shape index (κ3) is 2.40. The van der Waals surface area contributed by atoms with Crippen molar-refractivity contribution in [2.45, 2.75) is 19.4 Å². The smallest absolute Gasteiger partial charge is 0.292 e. The Morgan fingerprint density at radius 1 is 1.50 bits per heavy atom. The Labute approximate surface area is 114 Å². The molecule has 1 heterocycles. The molecule has 0 aromatic heterocycles. The minimum atomic E-state index is -0.579. The Balaban J connectivity index is 2.38. The van der Waals surface area contributed by atoms with Gasteiger partial charge in [0.05, 0.1) is 11.5 Å². The number of carbonyl (C=O) groups is 2. The number of nitrogens with one attached hydrogen (secondary N) is 1. The van der Waals surface area contributed by atoms with Gasteiger partial charge < -0.3 is 10.6 Å². The molecule has 106 valence electrons. The molecular weight excluding hydrogens is 264 g/mol. The van der Waals surface area contributed by atoms with Crippen LogP contribution in [0.1, 0.15) is 13.3 Å². The summed E-state index contributed by atoms with van der Waals surface area (Å²) in [6, 6.07) is 3.68. The second kappa shape index (κ2) is 5.16. The maximum atomic E-state index is 11.8. The van der Waals surface area contributed by atoms with Gasteiger partial charge in [0, 0.05) is 11.8 Å². The Morgan fingerprint density at radius 2 is 2.20 bits per heavy atom. The maximum Gasteiger partial charge on any atom is 0.292 e. The lowest BCUT2D eigenvalue weighted by molar-refractivity contribution is -0.383. The zero-order valence-corrected chi connectivity index (χ0v) is 10.8. The quantitative estimate of drug-likeness (QED) is 0.358. The molecule has 1 aliphatic rings. The van der Waals surface area contributed by atoms with Crippen LogP contribution in [0.3, 0.4) is 0 Å². The molecule has 0 radical (unpaired) electrons. The van der Waals surface area contributed by atoms with E-state index in [9.17, 15) is 19.7 Å². The van der Waals surface area contributed by atoms with Crippen molar-refractivity contribution in [3.63, 3.8) is 0 Å². The number of piperazine rings is 1. The van der Waals surface area contributed by atoms with E-state index in [0.717, 1.165) is 0 Å². The van der Waals surface area contributed by atoms with Gasteiger partial charge in [-0.2, -0.15) is 0 Å². The van der Waals surface area contributed by atoms with E-state index in [0.29, 0.717) is 12.1 Å². The van der Waals surface area contributed by atoms with E-state index in [1.165, 1.54) is 18.2 Å². The number of carbonyl (C=O) groups excluding carboxylic acids is 2. The second-order valence-electron chi connectivity index (χ2n) is 4.46. The van der Waals surface area contributed by atoms with Crippen molar-refractivity contribution in [3.05, 3.63) is 28.3 Å². The van der Waals surface area contributed by atoms with Crippen molar-refractivity contribution in [1.29, 1.82) is 0 Å². The van der Waals surface area contributed by atoms with Crippen molar-refractivity contribution >= 4 is 28.9 Å². The Bertz CT molecular complexity index is 587. The van der Waals surface area contributed by atoms with Gasteiger partial charge in [-0.15, -0.1) is 0 Å². The minimum absolute atomic E-state index is 0.000726. The SMILES string of the molecule is CCC1C(=O)NC(=O)CN1c1ccc([N+](=O)[O-])c(N)c1. The van der Waals surface area contributed by atoms with E-state index in [1.54, 1.807) is 4.90 Å². The summed E-state index contributed by atoms with van der Waals surface area (Å²) < 4.78 is 0. The first kappa shape index (κ1) is 13.8. The van der Waals surface area contributed by atoms with Crippen molar-refractivity contribution in [1.82, 2.24) is 5.32 Å². The highest BCUT2D eigenvalue weighted by molar-refractivity contribution is 6.04. The van der Waals surface area contributed by atoms with Crippen LogP contribution in [0.15, 0.2) is 18.2 Å². The third-order valence-corrected chi connectivity index (χ3v) is 3.18. The molecule has 1 saturated heterocycles. The number of nitrogens with two attached hydrogens (primary N) is 1. The van der Waals surface area contributed by atoms with Crippen LogP contribution in [0.25, 0.3) is 0 Å². The number of nitrogens with zero attached hydrogens (tertiary/aromatic N) is 2. The highest BCUT2D eigenvalue weighted by Crippen LogP contribution is 2.29. The molecule has 1 aromatic carbocycles. The molecule has 0 saturated carbocycles. The van der Waals surface area contributed by atoms with Crippen molar-refractivity contribution in [2.24, 2.45) is 0 Å². The second-order valence-corrected chi connectivity index (χ2v) is 4.46. The van der Waals surface area contributed by atoms with Crippen LogP contribution in [0.4, 0.5) is 17.1 Å². The molecule has 2 rings (SSSR count). The normalized spacial score (nSPS) is 18.9. The van der Waals surface area contributed by atoms with E-state index in [-0.39, 0.29) is 23.8 Å². The van der Waals surface area contributed by atoms with Crippen LogP contribution in [0, 0.1) is 10.1 Å². The number of benzene rings is 1. The number of anilines is 2. The number of nitro groups is 1. The van der Waals surface area contributed by atoms with Crippen molar-refractivity contribution < 1.29 is 14.5 Å². The van der Waals surface area contributed by atoms with E-state index in [1.807, 2.05) is 6.92 Å². The van der Waals surface area contributed by atoms with Gasteiger partial charge in [-0.1, -0.05) is 6.92 Å². The van der Waals surface area contributed by atoms with E-state index in [2.05, 4.69) is 5.32 Å². The Kier molecular flexibility index (Phi) is 3.55. The molecule has 0 aliphatic carbocycles. The number of hydrogen-bond donors (Lipinski definition) is 2. The molecule has 1 aliphatic heterocycles. The first-order valence-corrected chi connectivity index (χ1v) is 6.08. The van der Waals surface area contributed by atoms with Crippen LogP contribution in [-0.2, 0) is 9.59 Å². The zero-order chi connectivity index (χ0) is 14.9. The Morgan fingerprint density at radius 3 is 2.75 bits per heavy atom. The number of rotatable bonds is 3. The van der Waals surface area contributed by atoms with E-state index >= 15 is 0 Å².